The van der Waals surface area contributed by atoms with Gasteiger partial charge < -0.3 is 9.26 Å². The van der Waals surface area contributed by atoms with E-state index in [4.69, 9.17) is 0 Å². The van der Waals surface area contributed by atoms with Gasteiger partial charge in [0.1, 0.15) is 6.26 Å². The normalized spacial score (nSPS) is 9.00. The quantitative estimate of drug-likeness (QED) is 0.584. The van der Waals surface area contributed by atoms with E-state index in [1.54, 1.807) is 0 Å². The number of hydrogen-bond acceptors (Lipinski definition) is 5. The summed E-state index contributed by atoms with van der Waals surface area (Å²) in [6.45, 7) is 0. The SMILES string of the molecule is COC(=O)NNC(=O)c1ccon1. The summed E-state index contributed by atoms with van der Waals surface area (Å²) in [6, 6.07) is 1.36. The van der Waals surface area contributed by atoms with E-state index >= 15 is 0 Å². The van der Waals surface area contributed by atoms with Gasteiger partial charge in [0.2, 0.25) is 0 Å². The van der Waals surface area contributed by atoms with Crippen molar-refractivity contribution in [3.05, 3.63) is 18.0 Å². The molecule has 1 aromatic heterocycles. The van der Waals surface area contributed by atoms with Gasteiger partial charge in [-0.15, -0.1) is 0 Å². The summed E-state index contributed by atoms with van der Waals surface area (Å²) in [6.07, 6.45) is 0.476. The van der Waals surface area contributed by atoms with Crippen LogP contribution in [-0.2, 0) is 4.74 Å². The number of nitrogens with zero attached hydrogens (tertiary/aromatic N) is 1. The summed E-state index contributed by atoms with van der Waals surface area (Å²) in [4.78, 5) is 21.5. The molecule has 0 saturated carbocycles. The Hall–Kier alpha value is -2.05. The van der Waals surface area contributed by atoms with Crippen molar-refractivity contribution in [1.82, 2.24) is 16.0 Å². The van der Waals surface area contributed by atoms with Crippen LogP contribution >= 0.6 is 0 Å². The van der Waals surface area contributed by atoms with Gasteiger partial charge in [0.05, 0.1) is 7.11 Å². The monoisotopic (exact) mass is 185 g/mol. The van der Waals surface area contributed by atoms with Gasteiger partial charge in [-0.25, -0.2) is 10.2 Å². The molecule has 0 radical (unpaired) electrons. The molecule has 7 heteroatoms. The molecule has 0 atom stereocenters. The van der Waals surface area contributed by atoms with E-state index in [9.17, 15) is 9.59 Å². The maximum absolute atomic E-state index is 11.0. The van der Waals surface area contributed by atoms with Crippen molar-refractivity contribution in [2.75, 3.05) is 7.11 Å². The van der Waals surface area contributed by atoms with Gasteiger partial charge in [-0.2, -0.15) is 0 Å². The Bertz CT molecular complexity index is 295. The predicted molar refractivity (Wildman–Crippen MR) is 39.5 cm³/mol. The van der Waals surface area contributed by atoms with Gasteiger partial charge in [-0.1, -0.05) is 5.16 Å². The van der Waals surface area contributed by atoms with Crippen LogP contribution in [0.4, 0.5) is 4.79 Å². The maximum Gasteiger partial charge on any atom is 0.425 e. The second-order valence-electron chi connectivity index (χ2n) is 1.96. The van der Waals surface area contributed by atoms with Crippen molar-refractivity contribution < 1.29 is 18.8 Å². The van der Waals surface area contributed by atoms with Crippen molar-refractivity contribution >= 4 is 12.0 Å². The molecule has 0 aromatic carbocycles. The first-order valence-corrected chi connectivity index (χ1v) is 3.28. The summed E-state index contributed by atoms with van der Waals surface area (Å²) >= 11 is 0. The fourth-order valence-electron chi connectivity index (χ4n) is 0.553. The second kappa shape index (κ2) is 4.10. The molecule has 0 spiro atoms. The average molecular weight is 185 g/mol. The van der Waals surface area contributed by atoms with Crippen LogP contribution in [0.1, 0.15) is 10.5 Å². The zero-order valence-corrected chi connectivity index (χ0v) is 6.73. The van der Waals surface area contributed by atoms with E-state index in [1.165, 1.54) is 19.4 Å². The smallest absolute Gasteiger partial charge is 0.425 e. The van der Waals surface area contributed by atoms with Crippen LogP contribution in [0, 0.1) is 0 Å². The van der Waals surface area contributed by atoms with Gasteiger partial charge in [-0.05, 0) is 0 Å². The molecule has 0 unspecified atom stereocenters. The Morgan fingerprint density at radius 3 is 2.85 bits per heavy atom. The molecule has 0 aliphatic heterocycles. The van der Waals surface area contributed by atoms with Crippen LogP contribution in [-0.4, -0.2) is 24.3 Å². The van der Waals surface area contributed by atoms with E-state index in [0.717, 1.165) is 0 Å². The molecule has 1 aromatic rings. The summed E-state index contributed by atoms with van der Waals surface area (Å²) in [5.74, 6) is -0.584. The molecule has 0 bridgehead atoms. The number of ether oxygens (including phenoxy) is 1. The number of aromatic nitrogens is 1. The summed E-state index contributed by atoms with van der Waals surface area (Å²) in [5.41, 5.74) is 4.09. The van der Waals surface area contributed by atoms with E-state index < -0.39 is 12.0 Å². The van der Waals surface area contributed by atoms with Crippen LogP contribution in [0.15, 0.2) is 16.9 Å². The number of carbonyl (C=O) groups excluding carboxylic acids is 2. The highest BCUT2D eigenvalue weighted by molar-refractivity contribution is 5.92. The van der Waals surface area contributed by atoms with E-state index in [0.29, 0.717) is 0 Å². The lowest BCUT2D eigenvalue weighted by Gasteiger charge is -2.02. The lowest BCUT2D eigenvalue weighted by atomic mass is 10.4. The number of rotatable bonds is 1. The first kappa shape index (κ1) is 9.04. The molecular weight excluding hydrogens is 178 g/mol. The van der Waals surface area contributed by atoms with Crippen molar-refractivity contribution in [2.45, 2.75) is 0 Å². The third-order valence-corrected chi connectivity index (χ3v) is 1.13. The molecule has 0 fully saturated rings. The number of hydrazine groups is 1. The Balaban J connectivity index is 2.39. The van der Waals surface area contributed by atoms with Crippen LogP contribution in [0.3, 0.4) is 0 Å². The standard InChI is InChI=1S/C6H7N3O4/c1-12-6(11)8-7-5(10)4-2-3-13-9-4/h2-3H,1H3,(H,7,10)(H,8,11). The Morgan fingerprint density at radius 2 is 2.31 bits per heavy atom. The first-order valence-electron chi connectivity index (χ1n) is 3.28. The fraction of sp³-hybridized carbons (Fsp3) is 0.167. The highest BCUT2D eigenvalue weighted by Gasteiger charge is 2.09. The highest BCUT2D eigenvalue weighted by atomic mass is 16.5. The molecule has 2 amide bonds. The summed E-state index contributed by atoms with van der Waals surface area (Å²) in [7, 11) is 1.18. The molecule has 0 aliphatic rings. The minimum atomic E-state index is -0.767. The minimum absolute atomic E-state index is 0.0661. The van der Waals surface area contributed by atoms with Crippen LogP contribution in [0.5, 0.6) is 0 Å². The second-order valence-corrected chi connectivity index (χ2v) is 1.96. The minimum Gasteiger partial charge on any atom is -0.452 e. The Kier molecular flexibility index (Phi) is 2.85. The largest absolute Gasteiger partial charge is 0.452 e. The van der Waals surface area contributed by atoms with Gasteiger partial charge in [0.15, 0.2) is 5.69 Å². The van der Waals surface area contributed by atoms with E-state index in [1.807, 2.05) is 10.9 Å². The molecule has 2 N–H and O–H groups in total. The van der Waals surface area contributed by atoms with Crippen molar-refractivity contribution in [1.29, 1.82) is 0 Å². The Labute approximate surface area is 73.0 Å². The van der Waals surface area contributed by atoms with Crippen molar-refractivity contribution in [3.63, 3.8) is 0 Å². The highest BCUT2D eigenvalue weighted by Crippen LogP contribution is 1.91. The molecule has 70 valence electrons. The molecule has 13 heavy (non-hydrogen) atoms. The topological polar surface area (TPSA) is 93.5 Å². The number of nitrogens with one attached hydrogen (secondary N) is 2. The number of hydrogen-bond donors (Lipinski definition) is 2. The number of carbonyl (C=O) groups is 2. The maximum atomic E-state index is 11.0. The third-order valence-electron chi connectivity index (χ3n) is 1.13. The van der Waals surface area contributed by atoms with Gasteiger partial charge in [-0.3, -0.25) is 10.2 Å². The lowest BCUT2D eigenvalue weighted by molar-refractivity contribution is 0.0911. The Morgan fingerprint density at radius 1 is 1.54 bits per heavy atom. The average Bonchev–Trinajstić information content (AvgIpc) is 2.66. The molecule has 1 heterocycles. The van der Waals surface area contributed by atoms with Crippen molar-refractivity contribution in [3.8, 4) is 0 Å². The first-order chi connectivity index (χ1) is 6.24. The molecule has 1 rings (SSSR count). The lowest BCUT2D eigenvalue weighted by Crippen LogP contribution is -2.41. The summed E-state index contributed by atoms with van der Waals surface area (Å²) < 4.78 is 8.62. The fourth-order valence-corrected chi connectivity index (χ4v) is 0.553. The van der Waals surface area contributed by atoms with E-state index in [-0.39, 0.29) is 5.69 Å². The molecule has 7 nitrogen and oxygen atoms in total. The zero-order valence-electron chi connectivity index (χ0n) is 6.73. The predicted octanol–water partition coefficient (Wildman–Crippen LogP) is -0.325. The summed E-state index contributed by atoms with van der Waals surface area (Å²) in [5, 5.41) is 3.34. The van der Waals surface area contributed by atoms with Crippen LogP contribution in [0.2, 0.25) is 0 Å². The molecular formula is C6H7N3O4. The van der Waals surface area contributed by atoms with Gasteiger partial charge in [0.25, 0.3) is 5.91 Å². The van der Waals surface area contributed by atoms with Crippen LogP contribution in [0.25, 0.3) is 0 Å². The van der Waals surface area contributed by atoms with E-state index in [2.05, 4.69) is 14.4 Å². The molecule has 0 saturated heterocycles. The van der Waals surface area contributed by atoms with Gasteiger partial charge >= 0.3 is 6.09 Å². The molecule has 0 aliphatic carbocycles. The zero-order chi connectivity index (χ0) is 9.68. The third kappa shape index (κ3) is 2.47. The van der Waals surface area contributed by atoms with Crippen molar-refractivity contribution in [2.24, 2.45) is 0 Å². The van der Waals surface area contributed by atoms with Gasteiger partial charge in [0, 0.05) is 6.07 Å². The number of amides is 2. The van der Waals surface area contributed by atoms with Crippen LogP contribution < -0.4 is 10.9 Å². The number of methoxy groups -OCH3 is 1.